The Morgan fingerprint density at radius 1 is 1.06 bits per heavy atom. The lowest BCUT2D eigenvalue weighted by Crippen LogP contribution is -2.44. The Morgan fingerprint density at radius 2 is 1.65 bits per heavy atom. The van der Waals surface area contributed by atoms with Crippen LogP contribution in [0.4, 0.5) is 4.79 Å². The first-order chi connectivity index (χ1) is 15.8. The molecule has 0 saturated heterocycles. The molecule has 10 heteroatoms. The summed E-state index contributed by atoms with van der Waals surface area (Å²) in [5.41, 5.74) is 4.69. The Bertz CT molecular complexity index is 1170. The summed E-state index contributed by atoms with van der Waals surface area (Å²) in [4.78, 5) is 40.5. The van der Waals surface area contributed by atoms with Gasteiger partial charge in [0.2, 0.25) is 0 Å². The van der Waals surface area contributed by atoms with E-state index in [0.29, 0.717) is 5.69 Å². The quantitative estimate of drug-likeness (QED) is 0.502. The third-order valence-corrected chi connectivity index (χ3v) is 5.78. The number of benzene rings is 2. The van der Waals surface area contributed by atoms with E-state index in [1.807, 2.05) is 48.5 Å². The van der Waals surface area contributed by atoms with Crippen LogP contribution in [-0.2, 0) is 27.3 Å². The number of aromatic nitrogens is 2. The number of fused-ring (bicyclic) bond motifs is 3. The van der Waals surface area contributed by atoms with Crippen LogP contribution in [0, 0.1) is 0 Å². The fourth-order valence-corrected chi connectivity index (χ4v) is 4.17. The van der Waals surface area contributed by atoms with Crippen LogP contribution in [0.1, 0.15) is 22.7 Å². The number of carbonyl (C=O) groups excluding carboxylic acids is 1. The van der Waals surface area contributed by atoms with Gasteiger partial charge in [-0.15, -0.1) is 12.4 Å². The molecule has 0 unspecified atom stereocenters. The van der Waals surface area contributed by atoms with Crippen molar-refractivity contribution >= 4 is 30.4 Å². The monoisotopic (exact) mass is 485 g/mol. The molecule has 1 aromatic heterocycles. The lowest BCUT2D eigenvalue weighted by Gasteiger charge is -2.24. The highest BCUT2D eigenvalue weighted by Gasteiger charge is 2.32. The molecule has 178 valence electrons. The number of aliphatic carboxylic acids is 2. The Hall–Kier alpha value is -3.85. The minimum Gasteiger partial charge on any atom is -0.480 e. The SMILES string of the molecule is CN(C(=O)OCC1c2ccccc2-c2ccccc21)[C@@H](Cc1cn(CC(=O)O)cn1)C(=O)O.Cl. The second-order valence-corrected chi connectivity index (χ2v) is 7.90. The topological polar surface area (TPSA) is 122 Å². The predicted molar refractivity (Wildman–Crippen MR) is 125 cm³/mol. The van der Waals surface area contributed by atoms with Gasteiger partial charge in [-0.05, 0) is 22.3 Å². The van der Waals surface area contributed by atoms with E-state index in [-0.39, 0.29) is 37.9 Å². The lowest BCUT2D eigenvalue weighted by atomic mass is 9.98. The summed E-state index contributed by atoms with van der Waals surface area (Å²) in [5.74, 6) is -2.38. The first-order valence-corrected chi connectivity index (χ1v) is 10.4. The number of rotatable bonds is 8. The van der Waals surface area contributed by atoms with Crippen molar-refractivity contribution in [3.05, 3.63) is 77.9 Å². The first kappa shape index (κ1) is 24.8. The molecule has 0 aliphatic heterocycles. The number of halogens is 1. The van der Waals surface area contributed by atoms with E-state index in [9.17, 15) is 19.5 Å². The maximum absolute atomic E-state index is 12.7. The molecule has 1 amide bonds. The van der Waals surface area contributed by atoms with Gasteiger partial charge in [0.1, 0.15) is 19.2 Å². The van der Waals surface area contributed by atoms with Crippen LogP contribution in [0.2, 0.25) is 0 Å². The van der Waals surface area contributed by atoms with Crippen molar-refractivity contribution in [3.8, 4) is 11.1 Å². The fraction of sp³-hybridized carbons (Fsp3) is 0.250. The molecule has 1 atom stereocenters. The summed E-state index contributed by atoms with van der Waals surface area (Å²) in [6, 6.07) is 14.7. The van der Waals surface area contributed by atoms with Gasteiger partial charge < -0.3 is 19.5 Å². The molecule has 0 fully saturated rings. The normalized spacial score (nSPS) is 12.7. The number of likely N-dealkylation sites (N-methyl/N-ethyl adjacent to an activating group) is 1. The number of imidazole rings is 1. The van der Waals surface area contributed by atoms with E-state index in [4.69, 9.17) is 9.84 Å². The number of hydrogen-bond donors (Lipinski definition) is 2. The summed E-state index contributed by atoms with van der Waals surface area (Å²) in [6.07, 6.45) is 1.93. The molecule has 1 aliphatic rings. The molecule has 34 heavy (non-hydrogen) atoms. The lowest BCUT2D eigenvalue weighted by molar-refractivity contribution is -0.142. The molecule has 2 aromatic carbocycles. The molecule has 4 rings (SSSR count). The molecular formula is C24H24ClN3O6. The van der Waals surface area contributed by atoms with Gasteiger partial charge in [-0.25, -0.2) is 14.6 Å². The number of hydrogen-bond acceptors (Lipinski definition) is 5. The molecule has 0 bridgehead atoms. The number of nitrogens with zero attached hydrogens (tertiary/aromatic N) is 3. The van der Waals surface area contributed by atoms with E-state index in [1.54, 1.807) is 0 Å². The highest BCUT2D eigenvalue weighted by atomic mass is 35.5. The van der Waals surface area contributed by atoms with Crippen molar-refractivity contribution in [2.45, 2.75) is 24.9 Å². The molecule has 9 nitrogen and oxygen atoms in total. The van der Waals surface area contributed by atoms with Gasteiger partial charge in [-0.1, -0.05) is 48.5 Å². The first-order valence-electron chi connectivity index (χ1n) is 10.4. The van der Waals surface area contributed by atoms with Crippen molar-refractivity contribution in [2.24, 2.45) is 0 Å². The van der Waals surface area contributed by atoms with Gasteiger partial charge in [0.05, 0.1) is 12.0 Å². The van der Waals surface area contributed by atoms with Crippen LogP contribution in [0.3, 0.4) is 0 Å². The van der Waals surface area contributed by atoms with Crippen molar-refractivity contribution in [3.63, 3.8) is 0 Å². The zero-order chi connectivity index (χ0) is 23.5. The summed E-state index contributed by atoms with van der Waals surface area (Å²) in [5, 5.41) is 18.5. The van der Waals surface area contributed by atoms with Crippen LogP contribution in [-0.4, -0.2) is 62.4 Å². The molecule has 0 saturated carbocycles. The molecule has 1 aliphatic carbocycles. The minimum atomic E-state index is -1.21. The Kier molecular flexibility index (Phi) is 7.57. The van der Waals surface area contributed by atoms with Crippen LogP contribution in [0.25, 0.3) is 11.1 Å². The average Bonchev–Trinajstić information content (AvgIpc) is 3.36. The summed E-state index contributed by atoms with van der Waals surface area (Å²) < 4.78 is 6.89. The number of carboxylic acids is 2. The van der Waals surface area contributed by atoms with Gasteiger partial charge >= 0.3 is 18.0 Å². The Labute approximate surface area is 202 Å². The van der Waals surface area contributed by atoms with Crippen LogP contribution in [0.15, 0.2) is 61.1 Å². The van der Waals surface area contributed by atoms with Gasteiger partial charge in [-0.2, -0.15) is 0 Å². The standard InChI is InChI=1S/C24H23N3O6.ClH/c1-26(21(23(30)31)10-15-11-27(14-25-15)12-22(28)29)24(32)33-13-20-18-8-4-2-6-16(18)17-7-3-5-9-19(17)20;/h2-9,11,14,20-21H,10,12-13H2,1H3,(H,28,29)(H,30,31);1H/t21-;/m0./s1. The van der Waals surface area contributed by atoms with Crippen molar-refractivity contribution in [1.82, 2.24) is 14.5 Å². The fourth-order valence-electron chi connectivity index (χ4n) is 4.17. The second kappa shape index (κ2) is 10.4. The van der Waals surface area contributed by atoms with Crippen LogP contribution >= 0.6 is 12.4 Å². The van der Waals surface area contributed by atoms with Crippen molar-refractivity contribution < 1.29 is 29.3 Å². The van der Waals surface area contributed by atoms with Gasteiger partial charge in [-0.3, -0.25) is 9.69 Å². The second-order valence-electron chi connectivity index (χ2n) is 7.90. The Balaban J connectivity index is 0.00000324. The third-order valence-electron chi connectivity index (χ3n) is 5.78. The highest BCUT2D eigenvalue weighted by molar-refractivity contribution is 5.85. The summed E-state index contributed by atoms with van der Waals surface area (Å²) in [7, 11) is 1.37. The largest absolute Gasteiger partial charge is 0.480 e. The van der Waals surface area contributed by atoms with E-state index >= 15 is 0 Å². The molecular weight excluding hydrogens is 462 g/mol. The van der Waals surface area contributed by atoms with E-state index < -0.39 is 24.1 Å². The van der Waals surface area contributed by atoms with E-state index in [0.717, 1.165) is 27.2 Å². The zero-order valence-corrected chi connectivity index (χ0v) is 19.1. The number of ether oxygens (including phenoxy) is 1. The molecule has 1 heterocycles. The summed E-state index contributed by atoms with van der Waals surface area (Å²) in [6.45, 7) is -0.205. The maximum Gasteiger partial charge on any atom is 0.410 e. The van der Waals surface area contributed by atoms with Gasteiger partial charge in [0.15, 0.2) is 0 Å². The van der Waals surface area contributed by atoms with Crippen LogP contribution in [0.5, 0.6) is 0 Å². The van der Waals surface area contributed by atoms with Crippen LogP contribution < -0.4 is 0 Å². The molecule has 2 N–H and O–H groups in total. The zero-order valence-electron chi connectivity index (χ0n) is 18.3. The minimum absolute atomic E-state index is 0. The van der Waals surface area contributed by atoms with E-state index in [1.165, 1.54) is 24.1 Å². The average molecular weight is 486 g/mol. The molecule has 0 spiro atoms. The highest BCUT2D eigenvalue weighted by Crippen LogP contribution is 2.44. The summed E-state index contributed by atoms with van der Waals surface area (Å²) >= 11 is 0. The number of amides is 1. The Morgan fingerprint density at radius 3 is 2.21 bits per heavy atom. The van der Waals surface area contributed by atoms with Gasteiger partial charge in [0, 0.05) is 25.6 Å². The maximum atomic E-state index is 12.7. The molecule has 0 radical (unpaired) electrons. The number of carbonyl (C=O) groups is 3. The van der Waals surface area contributed by atoms with Crippen molar-refractivity contribution in [1.29, 1.82) is 0 Å². The van der Waals surface area contributed by atoms with Crippen molar-refractivity contribution in [2.75, 3.05) is 13.7 Å². The third kappa shape index (κ3) is 5.04. The van der Waals surface area contributed by atoms with Gasteiger partial charge in [0.25, 0.3) is 0 Å². The molecule has 3 aromatic rings. The number of carboxylic acid groups (broad SMARTS) is 2. The smallest absolute Gasteiger partial charge is 0.410 e. The van der Waals surface area contributed by atoms with E-state index in [2.05, 4.69) is 4.98 Å². The predicted octanol–water partition coefficient (Wildman–Crippen LogP) is 3.27.